The lowest BCUT2D eigenvalue weighted by Crippen LogP contribution is -1.97. The fraction of sp³-hybridized carbons (Fsp3) is 0.143. The van der Waals surface area contributed by atoms with Crippen molar-refractivity contribution >= 4 is 0 Å². The molecule has 5 nitrogen and oxygen atoms in total. The molecule has 3 rings (SSSR count). The highest BCUT2D eigenvalue weighted by Gasteiger charge is 2.14. The summed E-state index contributed by atoms with van der Waals surface area (Å²) >= 11 is 0. The highest BCUT2D eigenvalue weighted by atomic mass is 16.3. The zero-order valence-electron chi connectivity index (χ0n) is 10.5. The fourth-order valence-electron chi connectivity index (χ4n) is 1.97. The van der Waals surface area contributed by atoms with Crippen molar-refractivity contribution in [2.75, 3.05) is 0 Å². The van der Waals surface area contributed by atoms with E-state index >= 15 is 0 Å². The lowest BCUT2D eigenvalue weighted by atomic mass is 10.1. The molecule has 1 unspecified atom stereocenters. The number of benzene rings is 1. The molecule has 0 fully saturated rings. The predicted octanol–water partition coefficient (Wildman–Crippen LogP) is 1.69. The summed E-state index contributed by atoms with van der Waals surface area (Å²) in [5, 5.41) is 18.6. The zero-order valence-corrected chi connectivity index (χ0v) is 10.5. The number of hydrogen-bond donors (Lipinski definition) is 1. The molecule has 0 aliphatic carbocycles. The maximum absolute atomic E-state index is 10.3. The van der Waals surface area contributed by atoms with Crippen LogP contribution in [0.1, 0.15) is 17.2 Å². The summed E-state index contributed by atoms with van der Waals surface area (Å²) in [6.45, 7) is 0. The van der Waals surface area contributed by atoms with Crippen molar-refractivity contribution in [3.05, 3.63) is 66.2 Å². The number of nitrogens with zero attached hydrogens (tertiary/aromatic N) is 4. The van der Waals surface area contributed by atoms with E-state index in [0.29, 0.717) is 0 Å². The standard InChI is InChI=1S/C14H14N4O/c1-17-9-11(7-15-17)14(19)12-8-16-18(10-12)13-5-3-2-4-6-13/h2-10,14,19H,1H3. The SMILES string of the molecule is Cn1cc(C(O)c2cnn(-c3ccccc3)c2)cn1. The van der Waals surface area contributed by atoms with Gasteiger partial charge in [0.15, 0.2) is 0 Å². The molecular formula is C14H14N4O. The Hall–Kier alpha value is -2.40. The topological polar surface area (TPSA) is 55.9 Å². The van der Waals surface area contributed by atoms with E-state index in [0.717, 1.165) is 16.8 Å². The van der Waals surface area contributed by atoms with Gasteiger partial charge in [0.1, 0.15) is 6.10 Å². The number of aliphatic hydroxyl groups excluding tert-OH is 1. The van der Waals surface area contributed by atoms with Crippen LogP contribution in [-0.4, -0.2) is 24.7 Å². The van der Waals surface area contributed by atoms with Gasteiger partial charge in [0.25, 0.3) is 0 Å². The van der Waals surface area contributed by atoms with Crippen molar-refractivity contribution in [3.8, 4) is 5.69 Å². The van der Waals surface area contributed by atoms with Gasteiger partial charge in [0.05, 0.1) is 18.1 Å². The van der Waals surface area contributed by atoms with Crippen molar-refractivity contribution in [2.24, 2.45) is 7.05 Å². The summed E-state index contributed by atoms with van der Waals surface area (Å²) in [5.74, 6) is 0. The normalized spacial score (nSPS) is 12.5. The third kappa shape index (κ3) is 2.28. The Kier molecular flexibility index (Phi) is 2.89. The van der Waals surface area contributed by atoms with Gasteiger partial charge in [-0.1, -0.05) is 18.2 Å². The monoisotopic (exact) mass is 254 g/mol. The van der Waals surface area contributed by atoms with Gasteiger partial charge in [-0.05, 0) is 12.1 Å². The van der Waals surface area contributed by atoms with E-state index in [1.54, 1.807) is 28.0 Å². The molecule has 0 radical (unpaired) electrons. The Balaban J connectivity index is 1.89. The van der Waals surface area contributed by atoms with E-state index in [4.69, 9.17) is 0 Å². The predicted molar refractivity (Wildman–Crippen MR) is 70.8 cm³/mol. The summed E-state index contributed by atoms with van der Waals surface area (Å²) in [6, 6.07) is 9.79. The molecule has 0 saturated carbocycles. The van der Waals surface area contributed by atoms with E-state index in [9.17, 15) is 5.11 Å². The van der Waals surface area contributed by atoms with Gasteiger partial charge in [-0.25, -0.2) is 4.68 Å². The van der Waals surface area contributed by atoms with E-state index in [2.05, 4.69) is 10.2 Å². The van der Waals surface area contributed by atoms with Crippen LogP contribution in [0.15, 0.2) is 55.1 Å². The molecule has 2 aromatic heterocycles. The molecule has 0 saturated heterocycles. The van der Waals surface area contributed by atoms with Gasteiger partial charge >= 0.3 is 0 Å². The lowest BCUT2D eigenvalue weighted by molar-refractivity contribution is 0.220. The molecule has 3 aromatic rings. The van der Waals surface area contributed by atoms with Crippen LogP contribution in [-0.2, 0) is 7.05 Å². The Labute approximate surface area is 110 Å². The van der Waals surface area contributed by atoms with Gasteiger partial charge in [-0.15, -0.1) is 0 Å². The minimum absolute atomic E-state index is 0.703. The van der Waals surface area contributed by atoms with Crippen molar-refractivity contribution in [3.63, 3.8) is 0 Å². The number of hydrogen-bond acceptors (Lipinski definition) is 3. The highest BCUT2D eigenvalue weighted by molar-refractivity contribution is 5.32. The number of aromatic nitrogens is 4. The second-order valence-electron chi connectivity index (χ2n) is 4.40. The summed E-state index contributed by atoms with van der Waals surface area (Å²) < 4.78 is 3.41. The molecular weight excluding hydrogens is 240 g/mol. The highest BCUT2D eigenvalue weighted by Crippen LogP contribution is 2.21. The Morgan fingerprint density at radius 1 is 1.00 bits per heavy atom. The smallest absolute Gasteiger partial charge is 0.110 e. The minimum Gasteiger partial charge on any atom is -0.383 e. The maximum Gasteiger partial charge on any atom is 0.110 e. The van der Waals surface area contributed by atoms with Crippen LogP contribution in [0.4, 0.5) is 0 Å². The minimum atomic E-state index is -0.703. The number of aliphatic hydroxyl groups is 1. The number of aryl methyl sites for hydroxylation is 1. The molecule has 1 N–H and O–H groups in total. The zero-order chi connectivity index (χ0) is 13.2. The molecule has 2 heterocycles. The summed E-state index contributed by atoms with van der Waals surface area (Å²) in [4.78, 5) is 0. The van der Waals surface area contributed by atoms with Crippen molar-refractivity contribution in [1.82, 2.24) is 19.6 Å². The molecule has 0 aliphatic heterocycles. The average Bonchev–Trinajstić information content (AvgIpc) is 3.08. The van der Waals surface area contributed by atoms with Crippen LogP contribution in [0.25, 0.3) is 5.69 Å². The van der Waals surface area contributed by atoms with Crippen LogP contribution in [0, 0.1) is 0 Å². The van der Waals surface area contributed by atoms with Crippen LogP contribution in [0.5, 0.6) is 0 Å². The van der Waals surface area contributed by atoms with Crippen LogP contribution < -0.4 is 0 Å². The van der Waals surface area contributed by atoms with E-state index < -0.39 is 6.10 Å². The second-order valence-corrected chi connectivity index (χ2v) is 4.40. The third-order valence-electron chi connectivity index (χ3n) is 2.98. The van der Waals surface area contributed by atoms with Crippen LogP contribution in [0.2, 0.25) is 0 Å². The fourth-order valence-corrected chi connectivity index (χ4v) is 1.97. The Bertz CT molecular complexity index is 672. The molecule has 0 aliphatic rings. The largest absolute Gasteiger partial charge is 0.383 e. The summed E-state index contributed by atoms with van der Waals surface area (Å²) in [5.41, 5.74) is 2.47. The summed E-state index contributed by atoms with van der Waals surface area (Å²) in [6.07, 6.45) is 6.25. The maximum atomic E-state index is 10.3. The van der Waals surface area contributed by atoms with Gasteiger partial charge in [-0.3, -0.25) is 4.68 Å². The first-order valence-electron chi connectivity index (χ1n) is 6.00. The molecule has 1 atom stereocenters. The first kappa shape index (κ1) is 11.7. The van der Waals surface area contributed by atoms with Gasteiger partial charge in [0.2, 0.25) is 0 Å². The van der Waals surface area contributed by atoms with E-state index in [1.165, 1.54) is 0 Å². The van der Waals surface area contributed by atoms with Crippen molar-refractivity contribution < 1.29 is 5.11 Å². The average molecular weight is 254 g/mol. The van der Waals surface area contributed by atoms with Crippen molar-refractivity contribution in [2.45, 2.75) is 6.10 Å². The Morgan fingerprint density at radius 3 is 2.37 bits per heavy atom. The number of rotatable bonds is 3. The second kappa shape index (κ2) is 4.70. The molecule has 19 heavy (non-hydrogen) atoms. The Morgan fingerprint density at radius 2 is 1.68 bits per heavy atom. The molecule has 1 aromatic carbocycles. The molecule has 0 amide bonds. The van der Waals surface area contributed by atoms with E-state index in [1.807, 2.05) is 43.6 Å². The summed E-state index contributed by atoms with van der Waals surface area (Å²) in [7, 11) is 1.82. The van der Waals surface area contributed by atoms with Gasteiger partial charge in [0, 0.05) is 30.6 Å². The third-order valence-corrected chi connectivity index (χ3v) is 2.98. The quantitative estimate of drug-likeness (QED) is 0.773. The van der Waals surface area contributed by atoms with Crippen molar-refractivity contribution in [1.29, 1.82) is 0 Å². The lowest BCUT2D eigenvalue weighted by Gasteiger charge is -2.04. The first-order chi connectivity index (χ1) is 9.24. The molecule has 96 valence electrons. The van der Waals surface area contributed by atoms with Crippen LogP contribution in [0.3, 0.4) is 0 Å². The molecule has 0 spiro atoms. The van der Waals surface area contributed by atoms with E-state index in [-0.39, 0.29) is 0 Å². The van der Waals surface area contributed by atoms with Crippen LogP contribution >= 0.6 is 0 Å². The van der Waals surface area contributed by atoms with Gasteiger partial charge < -0.3 is 5.11 Å². The number of para-hydroxylation sites is 1. The molecule has 0 bridgehead atoms. The molecule has 5 heteroatoms. The first-order valence-corrected chi connectivity index (χ1v) is 6.00. The van der Waals surface area contributed by atoms with Gasteiger partial charge in [-0.2, -0.15) is 10.2 Å².